The zero-order chi connectivity index (χ0) is 16.0. The highest BCUT2D eigenvalue weighted by Crippen LogP contribution is 2.37. The molecule has 116 valence electrons. The first-order valence-corrected chi connectivity index (χ1v) is 8.60. The van der Waals surface area contributed by atoms with Gasteiger partial charge in [-0.25, -0.2) is 9.97 Å². The Kier molecular flexibility index (Phi) is 3.42. The molecule has 0 aliphatic heterocycles. The van der Waals surface area contributed by atoms with Gasteiger partial charge in [0.2, 0.25) is 0 Å². The highest BCUT2D eigenvalue weighted by Gasteiger charge is 2.18. The van der Waals surface area contributed by atoms with Crippen molar-refractivity contribution in [3.8, 4) is 11.6 Å². The third kappa shape index (κ3) is 2.34. The van der Waals surface area contributed by atoms with Crippen LogP contribution in [-0.4, -0.2) is 24.7 Å². The van der Waals surface area contributed by atoms with E-state index in [1.807, 2.05) is 23.7 Å². The second kappa shape index (κ2) is 5.47. The Hall–Kier alpha value is -2.19. The summed E-state index contributed by atoms with van der Waals surface area (Å²) >= 11 is 3.18. The summed E-state index contributed by atoms with van der Waals surface area (Å²) in [4.78, 5) is 11.1. The molecule has 0 aliphatic carbocycles. The smallest absolute Gasteiger partial charge is 0.200 e. The molecule has 0 spiro atoms. The second-order valence-corrected chi connectivity index (χ2v) is 7.25. The van der Waals surface area contributed by atoms with Crippen molar-refractivity contribution in [3.05, 3.63) is 35.2 Å². The predicted molar refractivity (Wildman–Crippen MR) is 89.7 cm³/mol. The summed E-state index contributed by atoms with van der Waals surface area (Å²) in [6, 6.07) is 3.70. The van der Waals surface area contributed by atoms with E-state index in [2.05, 4.69) is 34.0 Å². The van der Waals surface area contributed by atoms with Crippen LogP contribution in [0.5, 0.6) is 0 Å². The molecule has 0 bridgehead atoms. The lowest BCUT2D eigenvalue weighted by Crippen LogP contribution is -1.94. The molecule has 0 N–H and O–H groups in total. The molecule has 0 atom stereocenters. The van der Waals surface area contributed by atoms with Gasteiger partial charge in [0.25, 0.3) is 0 Å². The van der Waals surface area contributed by atoms with E-state index in [9.17, 15) is 0 Å². The number of thiophene rings is 1. The first-order valence-electron chi connectivity index (χ1n) is 6.97. The number of hydrogen-bond donors (Lipinski definition) is 0. The quantitative estimate of drug-likeness (QED) is 0.526. The molecule has 0 unspecified atom stereocenters. The van der Waals surface area contributed by atoms with E-state index in [0.717, 1.165) is 20.4 Å². The van der Waals surface area contributed by atoms with Crippen molar-refractivity contribution in [1.82, 2.24) is 24.7 Å². The molecule has 4 rings (SSSR count). The first-order chi connectivity index (χ1) is 11.1. The molecule has 0 fully saturated rings. The van der Waals surface area contributed by atoms with Crippen LogP contribution in [0.4, 0.5) is 0 Å². The molecule has 8 heteroatoms. The van der Waals surface area contributed by atoms with E-state index >= 15 is 0 Å². The number of furan rings is 1. The number of rotatable bonds is 3. The summed E-state index contributed by atoms with van der Waals surface area (Å²) in [5.41, 5.74) is 1.22. The summed E-state index contributed by atoms with van der Waals surface area (Å²) in [7, 11) is 1.92. The van der Waals surface area contributed by atoms with Gasteiger partial charge in [0.1, 0.15) is 16.2 Å². The summed E-state index contributed by atoms with van der Waals surface area (Å²) in [5.74, 6) is 1.39. The summed E-state index contributed by atoms with van der Waals surface area (Å²) in [6.07, 6.45) is 3.23. The standard InChI is InChI=1S/C15H13N5OS2/c1-8-9(2)22-13-11(8)14(17-7-16-13)23-15-19-18-12(20(15)3)10-5-4-6-21-10/h4-7H,1-3H3. The van der Waals surface area contributed by atoms with Crippen molar-refractivity contribution in [2.75, 3.05) is 0 Å². The minimum atomic E-state index is 0.695. The van der Waals surface area contributed by atoms with Crippen molar-refractivity contribution in [1.29, 1.82) is 0 Å². The maximum Gasteiger partial charge on any atom is 0.200 e. The lowest BCUT2D eigenvalue weighted by molar-refractivity contribution is 0.572. The molecule has 0 aliphatic rings. The van der Waals surface area contributed by atoms with E-state index in [1.54, 1.807) is 23.9 Å². The zero-order valence-corrected chi connectivity index (χ0v) is 14.4. The molecule has 23 heavy (non-hydrogen) atoms. The van der Waals surface area contributed by atoms with Gasteiger partial charge >= 0.3 is 0 Å². The molecule has 0 aromatic carbocycles. The maximum absolute atomic E-state index is 5.40. The Morgan fingerprint density at radius 3 is 2.87 bits per heavy atom. The molecule has 4 aromatic rings. The number of aryl methyl sites for hydroxylation is 2. The van der Waals surface area contributed by atoms with Gasteiger partial charge < -0.3 is 8.98 Å². The Balaban J connectivity index is 1.77. The van der Waals surface area contributed by atoms with Gasteiger partial charge in [-0.3, -0.25) is 0 Å². The van der Waals surface area contributed by atoms with Crippen LogP contribution >= 0.6 is 23.1 Å². The average molecular weight is 343 g/mol. The number of nitrogens with zero attached hydrogens (tertiary/aromatic N) is 5. The minimum absolute atomic E-state index is 0.695. The number of hydrogen-bond acceptors (Lipinski definition) is 7. The highest BCUT2D eigenvalue weighted by atomic mass is 32.2. The molecule has 4 aromatic heterocycles. The summed E-state index contributed by atoms with van der Waals surface area (Å²) in [6.45, 7) is 4.21. The van der Waals surface area contributed by atoms with Crippen molar-refractivity contribution in [2.45, 2.75) is 24.0 Å². The van der Waals surface area contributed by atoms with Gasteiger partial charge in [0.05, 0.1) is 6.26 Å². The first kappa shape index (κ1) is 14.4. The van der Waals surface area contributed by atoms with Crippen molar-refractivity contribution in [2.24, 2.45) is 7.05 Å². The molecular formula is C15H13N5OS2. The number of fused-ring (bicyclic) bond motifs is 1. The SMILES string of the molecule is Cc1sc2ncnc(Sc3nnc(-c4ccco4)n3C)c2c1C. The Morgan fingerprint density at radius 2 is 2.09 bits per heavy atom. The van der Waals surface area contributed by atoms with Crippen LogP contribution in [0.2, 0.25) is 0 Å². The normalized spacial score (nSPS) is 11.4. The van der Waals surface area contributed by atoms with Crippen LogP contribution in [0.25, 0.3) is 21.8 Å². The number of aromatic nitrogens is 5. The molecule has 0 saturated carbocycles. The zero-order valence-electron chi connectivity index (χ0n) is 12.8. The summed E-state index contributed by atoms with van der Waals surface area (Å²) < 4.78 is 7.31. The van der Waals surface area contributed by atoms with Crippen molar-refractivity contribution in [3.63, 3.8) is 0 Å². The van der Waals surface area contributed by atoms with Gasteiger partial charge in [-0.1, -0.05) is 0 Å². The van der Waals surface area contributed by atoms with Gasteiger partial charge in [-0.2, -0.15) is 0 Å². The molecule has 6 nitrogen and oxygen atoms in total. The largest absolute Gasteiger partial charge is 0.461 e. The Bertz CT molecular complexity index is 987. The van der Waals surface area contributed by atoms with E-state index in [4.69, 9.17) is 4.42 Å². The van der Waals surface area contributed by atoms with E-state index in [0.29, 0.717) is 11.6 Å². The van der Waals surface area contributed by atoms with E-state index in [1.165, 1.54) is 22.2 Å². The van der Waals surface area contributed by atoms with E-state index in [-0.39, 0.29) is 0 Å². The fraction of sp³-hybridized carbons (Fsp3) is 0.200. The monoisotopic (exact) mass is 343 g/mol. The maximum atomic E-state index is 5.40. The van der Waals surface area contributed by atoms with Crippen LogP contribution < -0.4 is 0 Å². The third-order valence-electron chi connectivity index (χ3n) is 3.69. The van der Waals surface area contributed by atoms with Gasteiger partial charge in [-0.05, 0) is 43.3 Å². The van der Waals surface area contributed by atoms with Crippen molar-refractivity contribution >= 4 is 33.3 Å². The third-order valence-corrected chi connectivity index (χ3v) is 5.85. The van der Waals surface area contributed by atoms with Gasteiger partial charge in [0, 0.05) is 17.3 Å². The minimum Gasteiger partial charge on any atom is -0.461 e. The second-order valence-electron chi connectivity index (χ2n) is 5.09. The van der Waals surface area contributed by atoms with E-state index < -0.39 is 0 Å². The van der Waals surface area contributed by atoms with Crippen LogP contribution in [0.15, 0.2) is 39.3 Å². The molecular weight excluding hydrogens is 330 g/mol. The van der Waals surface area contributed by atoms with Crippen LogP contribution in [-0.2, 0) is 7.05 Å². The van der Waals surface area contributed by atoms with Crippen molar-refractivity contribution < 1.29 is 4.42 Å². The lowest BCUT2D eigenvalue weighted by atomic mass is 10.2. The van der Waals surface area contributed by atoms with Crippen LogP contribution in [0.1, 0.15) is 10.4 Å². The summed E-state index contributed by atoms with van der Waals surface area (Å²) in [5, 5.41) is 11.3. The highest BCUT2D eigenvalue weighted by molar-refractivity contribution is 7.99. The van der Waals surface area contributed by atoms with Gasteiger partial charge in [0.15, 0.2) is 16.7 Å². The molecule has 0 radical (unpaired) electrons. The fourth-order valence-electron chi connectivity index (χ4n) is 2.34. The molecule has 4 heterocycles. The lowest BCUT2D eigenvalue weighted by Gasteiger charge is -2.03. The van der Waals surface area contributed by atoms with Crippen LogP contribution in [0.3, 0.4) is 0 Å². The Morgan fingerprint density at radius 1 is 1.22 bits per heavy atom. The Labute approximate surface area is 140 Å². The average Bonchev–Trinajstić information content (AvgIpc) is 3.23. The molecule has 0 saturated heterocycles. The fourth-order valence-corrected chi connectivity index (χ4v) is 4.33. The van der Waals surface area contributed by atoms with Crippen LogP contribution in [0, 0.1) is 13.8 Å². The van der Waals surface area contributed by atoms with Gasteiger partial charge in [-0.15, -0.1) is 21.5 Å². The topological polar surface area (TPSA) is 69.6 Å². The predicted octanol–water partition coefficient (Wildman–Crippen LogP) is 3.85. The molecule has 0 amide bonds.